The molecular formula is C12H16O9. The summed E-state index contributed by atoms with van der Waals surface area (Å²) in [6, 6.07) is 0.999. The summed E-state index contributed by atoms with van der Waals surface area (Å²) in [7, 11) is 0. The monoisotopic (exact) mass is 304 g/mol. The molecule has 0 spiro atoms. The number of ether oxygens (including phenoxy) is 2. The number of aliphatic hydroxyl groups is 4. The van der Waals surface area contributed by atoms with Gasteiger partial charge >= 0.3 is 0 Å². The molecule has 1 fully saturated rings. The molecule has 1 aromatic heterocycles. The fraction of sp³-hybridized carbons (Fsp3) is 0.583. The Morgan fingerprint density at radius 2 is 1.90 bits per heavy atom. The van der Waals surface area contributed by atoms with Gasteiger partial charge in [0.05, 0.1) is 6.61 Å². The fourth-order valence-electron chi connectivity index (χ4n) is 1.89. The van der Waals surface area contributed by atoms with Gasteiger partial charge < -0.3 is 39.4 Å². The highest BCUT2D eigenvalue weighted by Gasteiger charge is 2.44. The van der Waals surface area contributed by atoms with Crippen LogP contribution in [0.3, 0.4) is 0 Å². The van der Waals surface area contributed by atoms with Crippen molar-refractivity contribution in [3.63, 3.8) is 0 Å². The van der Waals surface area contributed by atoms with Crippen LogP contribution in [0, 0.1) is 0 Å². The first-order valence-corrected chi connectivity index (χ1v) is 6.17. The van der Waals surface area contributed by atoms with E-state index in [1.54, 1.807) is 0 Å². The van der Waals surface area contributed by atoms with E-state index in [1.807, 2.05) is 0 Å². The lowest BCUT2D eigenvalue weighted by atomic mass is 9.99. The Morgan fingerprint density at radius 3 is 2.52 bits per heavy atom. The van der Waals surface area contributed by atoms with E-state index in [0.29, 0.717) is 0 Å². The van der Waals surface area contributed by atoms with Crippen LogP contribution in [0.25, 0.3) is 0 Å². The average molecular weight is 304 g/mol. The minimum absolute atomic E-state index is 0.0646. The van der Waals surface area contributed by atoms with Crippen molar-refractivity contribution >= 4 is 0 Å². The second-order valence-corrected chi connectivity index (χ2v) is 4.60. The molecular weight excluding hydrogens is 288 g/mol. The third kappa shape index (κ3) is 3.40. The predicted molar refractivity (Wildman–Crippen MR) is 65.2 cm³/mol. The highest BCUT2D eigenvalue weighted by molar-refractivity contribution is 5.15. The van der Waals surface area contributed by atoms with Gasteiger partial charge in [0.1, 0.15) is 43.0 Å². The van der Waals surface area contributed by atoms with Crippen LogP contribution >= 0.6 is 0 Å². The molecule has 5 atom stereocenters. The van der Waals surface area contributed by atoms with Gasteiger partial charge in [0.2, 0.25) is 5.43 Å². The molecule has 0 bridgehead atoms. The molecule has 0 aliphatic carbocycles. The van der Waals surface area contributed by atoms with Crippen LogP contribution in [0.1, 0.15) is 5.76 Å². The van der Waals surface area contributed by atoms with Crippen molar-refractivity contribution in [2.75, 3.05) is 6.61 Å². The Morgan fingerprint density at radius 1 is 1.19 bits per heavy atom. The SMILES string of the molecule is O=c1cc(COC2OC(CO)C(O)C(O)C2O)occ1O. The first-order valence-electron chi connectivity index (χ1n) is 6.17. The lowest BCUT2D eigenvalue weighted by Crippen LogP contribution is -2.59. The summed E-state index contributed by atoms with van der Waals surface area (Å²) in [6.45, 7) is -0.850. The van der Waals surface area contributed by atoms with Gasteiger partial charge in [-0.15, -0.1) is 0 Å². The average Bonchev–Trinajstić information content (AvgIpc) is 2.47. The molecule has 0 amide bonds. The quantitative estimate of drug-likeness (QED) is 0.412. The van der Waals surface area contributed by atoms with Crippen molar-refractivity contribution in [2.24, 2.45) is 0 Å². The zero-order chi connectivity index (χ0) is 15.6. The number of hydrogen-bond donors (Lipinski definition) is 5. The smallest absolute Gasteiger partial charge is 0.226 e. The largest absolute Gasteiger partial charge is 0.502 e. The van der Waals surface area contributed by atoms with Crippen LogP contribution in [0.4, 0.5) is 0 Å². The molecule has 1 saturated heterocycles. The van der Waals surface area contributed by atoms with E-state index in [9.17, 15) is 20.1 Å². The Labute approximate surface area is 118 Å². The maximum Gasteiger partial charge on any atom is 0.226 e. The van der Waals surface area contributed by atoms with Gasteiger partial charge in [-0.3, -0.25) is 4.79 Å². The molecule has 0 radical (unpaired) electrons. The van der Waals surface area contributed by atoms with Crippen LogP contribution in [-0.2, 0) is 16.1 Å². The summed E-state index contributed by atoms with van der Waals surface area (Å²) in [5.74, 6) is -0.485. The molecule has 21 heavy (non-hydrogen) atoms. The van der Waals surface area contributed by atoms with E-state index in [4.69, 9.17) is 24.1 Å². The minimum Gasteiger partial charge on any atom is -0.502 e. The molecule has 2 heterocycles. The second-order valence-electron chi connectivity index (χ2n) is 4.60. The maximum atomic E-state index is 11.2. The van der Waals surface area contributed by atoms with E-state index in [-0.39, 0.29) is 12.4 Å². The number of aromatic hydroxyl groups is 1. The molecule has 1 aliphatic heterocycles. The molecule has 0 saturated carbocycles. The van der Waals surface area contributed by atoms with Gasteiger partial charge in [-0.2, -0.15) is 0 Å². The first-order chi connectivity index (χ1) is 9.93. The zero-order valence-electron chi connectivity index (χ0n) is 10.8. The van der Waals surface area contributed by atoms with Crippen molar-refractivity contribution in [1.29, 1.82) is 0 Å². The third-order valence-electron chi connectivity index (χ3n) is 3.10. The topological polar surface area (TPSA) is 150 Å². The van der Waals surface area contributed by atoms with Crippen LogP contribution in [-0.4, -0.2) is 62.8 Å². The molecule has 2 rings (SSSR count). The van der Waals surface area contributed by atoms with Gasteiger partial charge in [-0.25, -0.2) is 0 Å². The van der Waals surface area contributed by atoms with Crippen LogP contribution < -0.4 is 5.43 Å². The highest BCUT2D eigenvalue weighted by atomic mass is 16.7. The highest BCUT2D eigenvalue weighted by Crippen LogP contribution is 2.22. The summed E-state index contributed by atoms with van der Waals surface area (Å²) in [5, 5.41) is 46.9. The summed E-state index contributed by atoms with van der Waals surface area (Å²) >= 11 is 0. The molecule has 5 N–H and O–H groups in total. The van der Waals surface area contributed by atoms with Gasteiger partial charge in [0, 0.05) is 6.07 Å². The second kappa shape index (κ2) is 6.52. The van der Waals surface area contributed by atoms with Crippen molar-refractivity contribution in [1.82, 2.24) is 0 Å². The Bertz CT molecular complexity index is 526. The molecule has 9 nitrogen and oxygen atoms in total. The zero-order valence-corrected chi connectivity index (χ0v) is 10.8. The van der Waals surface area contributed by atoms with E-state index in [0.717, 1.165) is 12.3 Å². The molecule has 118 valence electrons. The number of aliphatic hydroxyl groups excluding tert-OH is 4. The Kier molecular flexibility index (Phi) is 4.93. The predicted octanol–water partition coefficient (Wildman–Crippen LogP) is -2.34. The fourth-order valence-corrected chi connectivity index (χ4v) is 1.89. The number of hydrogen-bond acceptors (Lipinski definition) is 9. The summed E-state index contributed by atoms with van der Waals surface area (Å²) in [4.78, 5) is 11.2. The van der Waals surface area contributed by atoms with Crippen molar-refractivity contribution < 1.29 is 39.4 Å². The van der Waals surface area contributed by atoms with Crippen molar-refractivity contribution in [2.45, 2.75) is 37.3 Å². The molecule has 9 heteroatoms. The Balaban J connectivity index is 2.01. The van der Waals surface area contributed by atoms with E-state index >= 15 is 0 Å². The molecule has 1 aromatic rings. The van der Waals surface area contributed by atoms with Crippen LogP contribution in [0.5, 0.6) is 5.75 Å². The van der Waals surface area contributed by atoms with Crippen molar-refractivity contribution in [3.8, 4) is 5.75 Å². The number of rotatable bonds is 4. The van der Waals surface area contributed by atoms with E-state index in [2.05, 4.69) is 0 Å². The van der Waals surface area contributed by atoms with Crippen molar-refractivity contribution in [3.05, 3.63) is 28.3 Å². The first kappa shape index (κ1) is 15.9. The van der Waals surface area contributed by atoms with E-state index in [1.165, 1.54) is 0 Å². The van der Waals surface area contributed by atoms with E-state index < -0.39 is 48.5 Å². The third-order valence-corrected chi connectivity index (χ3v) is 3.10. The summed E-state index contributed by atoms with van der Waals surface area (Å²) in [6.07, 6.45) is -6.12. The summed E-state index contributed by atoms with van der Waals surface area (Å²) < 4.78 is 15.2. The van der Waals surface area contributed by atoms with Crippen LogP contribution in [0.2, 0.25) is 0 Å². The Hall–Kier alpha value is -1.49. The normalized spacial score (nSPS) is 33.0. The maximum absolute atomic E-state index is 11.2. The lowest BCUT2D eigenvalue weighted by molar-refractivity contribution is -0.304. The minimum atomic E-state index is -1.55. The lowest BCUT2D eigenvalue weighted by Gasteiger charge is -2.39. The van der Waals surface area contributed by atoms with Gasteiger partial charge in [-0.1, -0.05) is 0 Å². The molecule has 5 unspecified atom stereocenters. The summed E-state index contributed by atoms with van der Waals surface area (Å²) in [5.41, 5.74) is -0.659. The molecule has 1 aliphatic rings. The standard InChI is InChI=1S/C12H16O9/c13-2-8-9(16)10(17)11(18)12(21-8)20-3-5-1-6(14)7(15)4-19-5/h1,4,8-13,15-18H,2-3H2. The van der Waals surface area contributed by atoms with Gasteiger partial charge in [-0.05, 0) is 0 Å². The molecule has 0 aromatic carbocycles. The van der Waals surface area contributed by atoms with Crippen LogP contribution in [0.15, 0.2) is 21.5 Å². The van der Waals surface area contributed by atoms with Gasteiger partial charge in [0.25, 0.3) is 0 Å². The van der Waals surface area contributed by atoms with Gasteiger partial charge in [0.15, 0.2) is 12.0 Å².